The molecule has 2 rings (SSSR count). The average Bonchev–Trinajstić information content (AvgIpc) is 2.75. The van der Waals surface area contributed by atoms with E-state index < -0.39 is 7.60 Å². The van der Waals surface area contributed by atoms with Gasteiger partial charge in [-0.15, -0.1) is 0 Å². The number of benzene rings is 2. The summed E-state index contributed by atoms with van der Waals surface area (Å²) >= 11 is 0. The van der Waals surface area contributed by atoms with Gasteiger partial charge < -0.3 is 29.3 Å². The van der Waals surface area contributed by atoms with Gasteiger partial charge in [-0.05, 0) is 43.2 Å². The summed E-state index contributed by atoms with van der Waals surface area (Å²) < 4.78 is 34.4. The largest absolute Gasteiger partial charge is 0.508 e. The van der Waals surface area contributed by atoms with E-state index in [1.165, 1.54) is 12.1 Å². The summed E-state index contributed by atoms with van der Waals surface area (Å²) in [5, 5.41) is 28.4. The number of para-hydroxylation sites is 2. The third kappa shape index (κ3) is 7.85. The molecule has 1 atom stereocenters. The Balaban J connectivity index is 1.75. The lowest BCUT2D eigenvalue weighted by Crippen LogP contribution is -2.19. The van der Waals surface area contributed by atoms with Gasteiger partial charge in [-0.3, -0.25) is 4.57 Å². The summed E-state index contributed by atoms with van der Waals surface area (Å²) in [6.07, 6.45) is 0.829. The number of hydroxylamine groups is 1. The molecule has 30 heavy (non-hydrogen) atoms. The van der Waals surface area contributed by atoms with Gasteiger partial charge in [-0.2, -0.15) is 5.48 Å². The first-order chi connectivity index (χ1) is 14.5. The molecule has 1 unspecified atom stereocenters. The zero-order valence-electron chi connectivity index (χ0n) is 16.8. The van der Waals surface area contributed by atoms with Crippen LogP contribution < -0.4 is 15.0 Å². The van der Waals surface area contributed by atoms with Gasteiger partial charge in [0, 0.05) is 12.1 Å². The number of nitrogens with one attached hydrogen (secondary N) is 1. The summed E-state index contributed by atoms with van der Waals surface area (Å²) in [5.41, 5.74) is 2.99. The molecule has 4 N–H and O–H groups in total. The van der Waals surface area contributed by atoms with Crippen molar-refractivity contribution >= 4 is 7.60 Å². The third-order valence-electron chi connectivity index (χ3n) is 3.85. The second-order valence-electron chi connectivity index (χ2n) is 6.32. The van der Waals surface area contributed by atoms with Crippen LogP contribution in [-0.4, -0.2) is 41.4 Å². The molecule has 0 aliphatic heterocycles. The zero-order valence-corrected chi connectivity index (χ0v) is 17.7. The van der Waals surface area contributed by atoms with Gasteiger partial charge in [-0.25, -0.2) is 4.62 Å². The van der Waals surface area contributed by atoms with Gasteiger partial charge >= 0.3 is 7.60 Å². The minimum absolute atomic E-state index is 0.00814. The van der Waals surface area contributed by atoms with E-state index in [2.05, 4.69) is 5.48 Å². The van der Waals surface area contributed by atoms with Gasteiger partial charge in [0.1, 0.15) is 11.5 Å². The number of aliphatic hydroxyl groups excluding tert-OH is 1. The van der Waals surface area contributed by atoms with Crippen molar-refractivity contribution in [3.8, 4) is 23.0 Å². The number of phenols is 2. The van der Waals surface area contributed by atoms with Crippen molar-refractivity contribution in [2.24, 2.45) is 0 Å². The van der Waals surface area contributed by atoms with Crippen LogP contribution in [-0.2, 0) is 20.3 Å². The minimum Gasteiger partial charge on any atom is -0.508 e. The van der Waals surface area contributed by atoms with Gasteiger partial charge in [-0.1, -0.05) is 19.1 Å². The summed E-state index contributed by atoms with van der Waals surface area (Å²) in [6, 6.07) is 11.0. The topological polar surface area (TPSA) is 127 Å². The predicted octanol–water partition coefficient (Wildman–Crippen LogP) is 3.54. The summed E-state index contributed by atoms with van der Waals surface area (Å²) in [5.74, 6) is 0.647. The van der Waals surface area contributed by atoms with Gasteiger partial charge in [0.2, 0.25) is 0 Å². The molecule has 2 aromatic rings. The van der Waals surface area contributed by atoms with Crippen molar-refractivity contribution in [3.63, 3.8) is 0 Å². The standard InChI is InChI=1S/C20H28NO8P/c1-2-11-28-30(25,15-27-20-7-4-3-6-19(20)24)29-21-10-5-12-26-17-8-9-18(23)16(13-17)14-22/h3-4,6-9,13,21-24H,2,5,10-12,14-15H2,1H3. The molecule has 166 valence electrons. The molecule has 0 saturated heterocycles. The molecule has 0 saturated carbocycles. The maximum atomic E-state index is 12.8. The molecular weight excluding hydrogens is 413 g/mol. The van der Waals surface area contributed by atoms with E-state index >= 15 is 0 Å². The van der Waals surface area contributed by atoms with Gasteiger partial charge in [0.25, 0.3) is 0 Å². The van der Waals surface area contributed by atoms with Crippen LogP contribution in [0.25, 0.3) is 0 Å². The maximum absolute atomic E-state index is 12.8. The predicted molar refractivity (Wildman–Crippen MR) is 111 cm³/mol. The molecule has 0 heterocycles. The maximum Gasteiger partial charge on any atom is 0.383 e. The molecule has 0 amide bonds. The SMILES string of the molecule is CCCOP(=O)(COc1ccccc1O)ONCCCOc1ccc(O)c(CO)c1. The van der Waals surface area contributed by atoms with Gasteiger partial charge in [0.05, 0.1) is 19.8 Å². The Bertz CT molecular complexity index is 832. The number of phenolic OH excluding ortho intramolecular Hbond substituents is 1. The fourth-order valence-corrected chi connectivity index (χ4v) is 3.53. The number of aliphatic hydroxyl groups is 1. The highest BCUT2D eigenvalue weighted by Crippen LogP contribution is 2.47. The first kappa shape index (κ1) is 24.0. The molecule has 2 aromatic carbocycles. The quantitative estimate of drug-likeness (QED) is 0.198. The van der Waals surface area contributed by atoms with Crippen molar-refractivity contribution in [3.05, 3.63) is 48.0 Å². The van der Waals surface area contributed by atoms with E-state index in [1.54, 1.807) is 30.3 Å². The van der Waals surface area contributed by atoms with Crippen LogP contribution in [0.2, 0.25) is 0 Å². The van der Waals surface area contributed by atoms with Crippen molar-refractivity contribution in [2.75, 3.05) is 26.1 Å². The summed E-state index contributed by atoms with van der Waals surface area (Å²) in [4.78, 5) is 0. The monoisotopic (exact) mass is 441 g/mol. The number of rotatable bonds is 14. The summed E-state index contributed by atoms with van der Waals surface area (Å²) in [6.45, 7) is 2.50. The minimum atomic E-state index is -3.58. The van der Waals surface area contributed by atoms with Crippen molar-refractivity contribution in [1.82, 2.24) is 5.48 Å². The lowest BCUT2D eigenvalue weighted by molar-refractivity contribution is 0.122. The Morgan fingerprint density at radius 1 is 1.03 bits per heavy atom. The highest BCUT2D eigenvalue weighted by molar-refractivity contribution is 7.53. The molecule has 0 aliphatic carbocycles. The first-order valence-corrected chi connectivity index (χ1v) is 11.3. The normalized spacial score (nSPS) is 13.0. The molecular formula is C20H28NO8P. The molecule has 0 aliphatic rings. The fraction of sp³-hybridized carbons (Fsp3) is 0.400. The Morgan fingerprint density at radius 2 is 1.83 bits per heavy atom. The molecule has 0 radical (unpaired) electrons. The number of aromatic hydroxyl groups is 2. The Labute approximate surface area is 175 Å². The highest BCUT2D eigenvalue weighted by Gasteiger charge is 2.27. The van der Waals surface area contributed by atoms with E-state index in [4.69, 9.17) is 23.7 Å². The smallest absolute Gasteiger partial charge is 0.383 e. The lowest BCUT2D eigenvalue weighted by Gasteiger charge is -2.19. The molecule has 10 heteroatoms. The fourth-order valence-electron chi connectivity index (χ4n) is 2.30. The first-order valence-electron chi connectivity index (χ1n) is 9.59. The van der Waals surface area contributed by atoms with Crippen LogP contribution in [0.1, 0.15) is 25.3 Å². The van der Waals surface area contributed by atoms with Crippen molar-refractivity contribution in [2.45, 2.75) is 26.4 Å². The number of hydrogen-bond donors (Lipinski definition) is 4. The third-order valence-corrected chi connectivity index (χ3v) is 5.28. The van der Waals surface area contributed by atoms with Gasteiger partial charge in [0.15, 0.2) is 17.8 Å². The zero-order chi connectivity index (χ0) is 21.8. The molecule has 0 aromatic heterocycles. The van der Waals surface area contributed by atoms with E-state index in [-0.39, 0.29) is 36.8 Å². The molecule has 0 fully saturated rings. The highest BCUT2D eigenvalue weighted by atomic mass is 31.2. The Hall–Kier alpha value is -2.29. The second kappa shape index (κ2) is 12.4. The van der Waals surface area contributed by atoms with E-state index in [9.17, 15) is 14.8 Å². The van der Waals surface area contributed by atoms with Crippen LogP contribution in [0, 0.1) is 0 Å². The van der Waals surface area contributed by atoms with Crippen LogP contribution in [0.15, 0.2) is 42.5 Å². The molecule has 0 spiro atoms. The van der Waals surface area contributed by atoms with Crippen molar-refractivity contribution < 1.29 is 38.5 Å². The second-order valence-corrected chi connectivity index (χ2v) is 8.24. The number of ether oxygens (including phenoxy) is 2. The van der Waals surface area contributed by atoms with Crippen LogP contribution in [0.4, 0.5) is 0 Å². The molecule has 9 nitrogen and oxygen atoms in total. The molecule has 0 bridgehead atoms. The van der Waals surface area contributed by atoms with E-state index in [0.29, 0.717) is 37.3 Å². The lowest BCUT2D eigenvalue weighted by atomic mass is 10.2. The van der Waals surface area contributed by atoms with Crippen LogP contribution in [0.5, 0.6) is 23.0 Å². The Kier molecular flexibility index (Phi) is 9.93. The number of hydrogen-bond acceptors (Lipinski definition) is 9. The van der Waals surface area contributed by atoms with E-state index in [1.807, 2.05) is 6.92 Å². The average molecular weight is 441 g/mol. The van der Waals surface area contributed by atoms with E-state index in [0.717, 1.165) is 0 Å². The Morgan fingerprint density at radius 3 is 2.57 bits per heavy atom. The van der Waals surface area contributed by atoms with Crippen molar-refractivity contribution in [1.29, 1.82) is 0 Å². The van der Waals surface area contributed by atoms with Crippen LogP contribution in [0.3, 0.4) is 0 Å². The summed E-state index contributed by atoms with van der Waals surface area (Å²) in [7, 11) is -3.58. The van der Waals surface area contributed by atoms with Crippen LogP contribution >= 0.6 is 7.60 Å².